The summed E-state index contributed by atoms with van der Waals surface area (Å²) in [4.78, 5) is 11.1. The SMILES string of the molecule is CCNC(=NCCCCN(C)C(C)C)NCCc1ccc(Cl)nc1.I. The van der Waals surface area contributed by atoms with Crippen molar-refractivity contribution >= 4 is 41.5 Å². The highest BCUT2D eigenvalue weighted by Gasteiger charge is 2.02. The van der Waals surface area contributed by atoms with Gasteiger partial charge in [-0.15, -0.1) is 24.0 Å². The van der Waals surface area contributed by atoms with E-state index in [1.54, 1.807) is 0 Å². The van der Waals surface area contributed by atoms with E-state index in [1.807, 2.05) is 18.3 Å². The lowest BCUT2D eigenvalue weighted by Gasteiger charge is -2.20. The molecule has 5 nitrogen and oxygen atoms in total. The lowest BCUT2D eigenvalue weighted by molar-refractivity contribution is 0.269. The molecule has 0 fully saturated rings. The van der Waals surface area contributed by atoms with Gasteiger partial charge in [-0.3, -0.25) is 4.99 Å². The van der Waals surface area contributed by atoms with E-state index in [4.69, 9.17) is 11.6 Å². The first-order chi connectivity index (χ1) is 11.5. The highest BCUT2D eigenvalue weighted by molar-refractivity contribution is 14.0. The van der Waals surface area contributed by atoms with Crippen LogP contribution in [-0.4, -0.2) is 55.1 Å². The highest BCUT2D eigenvalue weighted by atomic mass is 127. The topological polar surface area (TPSA) is 52.6 Å². The van der Waals surface area contributed by atoms with Gasteiger partial charge in [0.2, 0.25) is 0 Å². The Balaban J connectivity index is 0.00000576. The molecule has 1 heterocycles. The Morgan fingerprint density at radius 3 is 2.64 bits per heavy atom. The molecule has 1 aromatic rings. The van der Waals surface area contributed by atoms with Gasteiger partial charge in [-0.05, 0) is 65.3 Å². The van der Waals surface area contributed by atoms with Crippen LogP contribution in [0.4, 0.5) is 0 Å². The van der Waals surface area contributed by atoms with Crippen molar-refractivity contribution < 1.29 is 0 Å². The number of hydrogen-bond acceptors (Lipinski definition) is 3. The van der Waals surface area contributed by atoms with Gasteiger partial charge in [0, 0.05) is 31.9 Å². The minimum atomic E-state index is 0. The lowest BCUT2D eigenvalue weighted by Crippen LogP contribution is -2.38. The first-order valence-electron chi connectivity index (χ1n) is 8.85. The van der Waals surface area contributed by atoms with Crippen LogP contribution >= 0.6 is 35.6 Å². The quantitative estimate of drug-likeness (QED) is 0.176. The zero-order chi connectivity index (χ0) is 17.8. The van der Waals surface area contributed by atoms with Crippen molar-refractivity contribution in [1.82, 2.24) is 20.5 Å². The predicted molar refractivity (Wildman–Crippen MR) is 119 cm³/mol. The molecule has 0 aliphatic rings. The Morgan fingerprint density at radius 1 is 1.28 bits per heavy atom. The minimum Gasteiger partial charge on any atom is -0.357 e. The third-order valence-corrected chi connectivity index (χ3v) is 4.13. The molecule has 1 aromatic heterocycles. The van der Waals surface area contributed by atoms with Gasteiger partial charge in [0.25, 0.3) is 0 Å². The number of unbranched alkanes of at least 4 members (excludes halogenated alkanes) is 1. The van der Waals surface area contributed by atoms with E-state index < -0.39 is 0 Å². The predicted octanol–water partition coefficient (Wildman–Crippen LogP) is 3.57. The molecule has 0 atom stereocenters. The number of hydrogen-bond donors (Lipinski definition) is 2. The standard InChI is InChI=1S/C18H32ClN5.HI/c1-5-20-18(21-11-6-7-13-24(4)15(2)3)22-12-10-16-8-9-17(19)23-14-16;/h8-9,14-15H,5-7,10-13H2,1-4H3,(H2,20,21,22);1H. The van der Waals surface area contributed by atoms with Crippen LogP contribution in [0, 0.1) is 0 Å². The third kappa shape index (κ3) is 11.6. The molecule has 1 rings (SSSR count). The van der Waals surface area contributed by atoms with Crippen LogP contribution < -0.4 is 10.6 Å². The molecular formula is C18H33ClIN5. The van der Waals surface area contributed by atoms with Gasteiger partial charge in [0.15, 0.2) is 5.96 Å². The van der Waals surface area contributed by atoms with Crippen LogP contribution in [0.25, 0.3) is 0 Å². The summed E-state index contributed by atoms with van der Waals surface area (Å²) in [5.74, 6) is 0.886. The number of nitrogens with zero attached hydrogens (tertiary/aromatic N) is 3. The summed E-state index contributed by atoms with van der Waals surface area (Å²) in [6, 6.07) is 4.44. The van der Waals surface area contributed by atoms with E-state index in [1.165, 1.54) is 12.0 Å². The van der Waals surface area contributed by atoms with Gasteiger partial charge in [0.05, 0.1) is 0 Å². The summed E-state index contributed by atoms with van der Waals surface area (Å²) in [6.45, 7) is 10.2. The van der Waals surface area contributed by atoms with Crippen molar-refractivity contribution in [2.75, 3.05) is 33.2 Å². The fraction of sp³-hybridized carbons (Fsp3) is 0.667. The van der Waals surface area contributed by atoms with Crippen LogP contribution in [0.3, 0.4) is 0 Å². The normalized spacial score (nSPS) is 11.6. The summed E-state index contributed by atoms with van der Waals surface area (Å²) in [5, 5.41) is 7.19. The maximum atomic E-state index is 5.80. The van der Waals surface area contributed by atoms with Gasteiger partial charge in [0.1, 0.15) is 5.15 Å². The Labute approximate surface area is 175 Å². The van der Waals surface area contributed by atoms with Gasteiger partial charge in [-0.1, -0.05) is 17.7 Å². The van der Waals surface area contributed by atoms with Crippen LogP contribution in [0.2, 0.25) is 5.15 Å². The number of rotatable bonds is 10. The van der Waals surface area contributed by atoms with Crippen molar-refractivity contribution in [3.05, 3.63) is 29.0 Å². The highest BCUT2D eigenvalue weighted by Crippen LogP contribution is 2.05. The molecule has 0 aromatic carbocycles. The Hall–Kier alpha value is -0.600. The monoisotopic (exact) mass is 481 g/mol. The first-order valence-corrected chi connectivity index (χ1v) is 9.23. The zero-order valence-electron chi connectivity index (χ0n) is 15.9. The summed E-state index contributed by atoms with van der Waals surface area (Å²) in [5.41, 5.74) is 1.17. The van der Waals surface area contributed by atoms with Crippen molar-refractivity contribution in [3.8, 4) is 0 Å². The second kappa shape index (κ2) is 14.6. The lowest BCUT2D eigenvalue weighted by atomic mass is 10.2. The average Bonchev–Trinajstić information content (AvgIpc) is 2.56. The van der Waals surface area contributed by atoms with E-state index in [-0.39, 0.29) is 24.0 Å². The Bertz CT molecular complexity index is 479. The third-order valence-electron chi connectivity index (χ3n) is 3.91. The fourth-order valence-electron chi connectivity index (χ4n) is 2.14. The average molecular weight is 482 g/mol. The van der Waals surface area contributed by atoms with E-state index in [0.29, 0.717) is 11.2 Å². The molecule has 0 aliphatic heterocycles. The van der Waals surface area contributed by atoms with Crippen LogP contribution in [-0.2, 0) is 6.42 Å². The molecule has 0 saturated carbocycles. The molecule has 2 N–H and O–H groups in total. The first kappa shape index (κ1) is 24.4. The number of nitrogens with one attached hydrogen (secondary N) is 2. The number of aliphatic imine (C=N–C) groups is 1. The Morgan fingerprint density at radius 2 is 2.04 bits per heavy atom. The molecule has 0 saturated heterocycles. The number of aromatic nitrogens is 1. The minimum absolute atomic E-state index is 0. The second-order valence-corrected chi connectivity index (χ2v) is 6.60. The molecule has 0 radical (unpaired) electrons. The van der Waals surface area contributed by atoms with Gasteiger partial charge >= 0.3 is 0 Å². The summed E-state index contributed by atoms with van der Waals surface area (Å²) >= 11 is 5.80. The van der Waals surface area contributed by atoms with E-state index in [9.17, 15) is 0 Å². The maximum Gasteiger partial charge on any atom is 0.191 e. The van der Waals surface area contributed by atoms with Crippen LogP contribution in [0.1, 0.15) is 39.2 Å². The number of pyridine rings is 1. The molecule has 0 bridgehead atoms. The fourth-order valence-corrected chi connectivity index (χ4v) is 2.26. The van der Waals surface area contributed by atoms with E-state index >= 15 is 0 Å². The molecule has 0 unspecified atom stereocenters. The van der Waals surface area contributed by atoms with Crippen LogP contribution in [0.5, 0.6) is 0 Å². The molecule has 0 amide bonds. The number of halogens is 2. The van der Waals surface area contributed by atoms with Crippen molar-refractivity contribution in [2.45, 2.75) is 46.1 Å². The van der Waals surface area contributed by atoms with E-state index in [2.05, 4.69) is 53.3 Å². The molecular weight excluding hydrogens is 449 g/mol. The molecule has 144 valence electrons. The largest absolute Gasteiger partial charge is 0.357 e. The smallest absolute Gasteiger partial charge is 0.191 e. The number of guanidine groups is 1. The molecule has 7 heteroatoms. The van der Waals surface area contributed by atoms with Gasteiger partial charge in [-0.25, -0.2) is 4.98 Å². The molecule has 25 heavy (non-hydrogen) atoms. The molecule has 0 spiro atoms. The van der Waals surface area contributed by atoms with Gasteiger partial charge < -0.3 is 15.5 Å². The van der Waals surface area contributed by atoms with E-state index in [0.717, 1.165) is 45.0 Å². The molecule has 0 aliphatic carbocycles. The van der Waals surface area contributed by atoms with Crippen molar-refractivity contribution in [2.24, 2.45) is 4.99 Å². The van der Waals surface area contributed by atoms with Crippen molar-refractivity contribution in [3.63, 3.8) is 0 Å². The summed E-state index contributed by atoms with van der Waals surface area (Å²) < 4.78 is 0. The second-order valence-electron chi connectivity index (χ2n) is 6.21. The summed E-state index contributed by atoms with van der Waals surface area (Å²) in [6.07, 6.45) is 5.00. The van der Waals surface area contributed by atoms with Gasteiger partial charge in [-0.2, -0.15) is 0 Å². The Kier molecular flexibility index (Phi) is 14.2. The van der Waals surface area contributed by atoms with Crippen LogP contribution in [0.15, 0.2) is 23.3 Å². The maximum absolute atomic E-state index is 5.80. The van der Waals surface area contributed by atoms with Crippen molar-refractivity contribution in [1.29, 1.82) is 0 Å². The zero-order valence-corrected chi connectivity index (χ0v) is 19.0. The summed E-state index contributed by atoms with van der Waals surface area (Å²) in [7, 11) is 2.17.